The van der Waals surface area contributed by atoms with Crippen LogP contribution in [-0.4, -0.2) is 18.0 Å². The fourth-order valence-corrected chi connectivity index (χ4v) is 3.42. The Morgan fingerprint density at radius 3 is 2.60 bits per heavy atom. The molecule has 20 heavy (non-hydrogen) atoms. The molecule has 0 aliphatic rings. The molecule has 0 bridgehead atoms. The number of fused-ring (bicyclic) bond motifs is 1. The number of ether oxygens (including phenoxy) is 2. The zero-order chi connectivity index (χ0) is 14.9. The maximum Gasteiger partial charge on any atom is 0.263 e. The van der Waals surface area contributed by atoms with Crippen molar-refractivity contribution < 1.29 is 14.3 Å². The number of thiophene rings is 1. The zero-order valence-corrected chi connectivity index (χ0v) is 13.7. The minimum absolute atomic E-state index is 0.0243. The first-order chi connectivity index (χ1) is 9.43. The lowest BCUT2D eigenvalue weighted by atomic mass is 10.2. The van der Waals surface area contributed by atoms with E-state index in [9.17, 15) is 4.79 Å². The van der Waals surface area contributed by atoms with Gasteiger partial charge in [0.15, 0.2) is 11.5 Å². The molecule has 1 heterocycles. The number of halogens is 2. The van der Waals surface area contributed by atoms with Crippen molar-refractivity contribution in [1.82, 2.24) is 0 Å². The van der Waals surface area contributed by atoms with E-state index in [1.54, 1.807) is 6.07 Å². The van der Waals surface area contributed by atoms with Crippen molar-refractivity contribution in [3.05, 3.63) is 22.0 Å². The molecule has 108 valence electrons. The van der Waals surface area contributed by atoms with Crippen molar-refractivity contribution in [3.8, 4) is 11.5 Å². The topological polar surface area (TPSA) is 35.5 Å². The van der Waals surface area contributed by atoms with Crippen LogP contribution in [0.4, 0.5) is 0 Å². The summed E-state index contributed by atoms with van der Waals surface area (Å²) in [7, 11) is 0. The number of carbonyl (C=O) groups is 1. The highest BCUT2D eigenvalue weighted by atomic mass is 35.5. The number of benzene rings is 1. The van der Waals surface area contributed by atoms with E-state index >= 15 is 0 Å². The first-order valence-corrected chi connectivity index (χ1v) is 7.76. The average molecular weight is 333 g/mol. The van der Waals surface area contributed by atoms with Crippen LogP contribution in [0.25, 0.3) is 10.1 Å². The molecule has 1 aromatic heterocycles. The van der Waals surface area contributed by atoms with Gasteiger partial charge in [0.2, 0.25) is 0 Å². The Balaban J connectivity index is 2.61. The molecule has 0 saturated heterocycles. The second-order valence-electron chi connectivity index (χ2n) is 4.41. The van der Waals surface area contributed by atoms with Gasteiger partial charge in [0.25, 0.3) is 5.24 Å². The van der Waals surface area contributed by atoms with Gasteiger partial charge in [0.1, 0.15) is 4.88 Å². The SMILES string of the molecule is CCOc1cc2c(Cl)c(C(=O)Cl)sc2cc1OC(C)C. The summed E-state index contributed by atoms with van der Waals surface area (Å²) in [5.74, 6) is 1.25. The molecule has 0 aliphatic heterocycles. The van der Waals surface area contributed by atoms with E-state index in [4.69, 9.17) is 32.7 Å². The minimum Gasteiger partial charge on any atom is -0.490 e. The molecule has 0 atom stereocenters. The van der Waals surface area contributed by atoms with Crippen molar-refractivity contribution >= 4 is 49.9 Å². The fourth-order valence-electron chi connectivity index (χ4n) is 1.82. The van der Waals surface area contributed by atoms with Crippen LogP contribution in [0.5, 0.6) is 11.5 Å². The van der Waals surface area contributed by atoms with Crippen molar-refractivity contribution in [2.45, 2.75) is 26.9 Å². The highest BCUT2D eigenvalue weighted by Gasteiger charge is 2.19. The molecule has 0 amide bonds. The summed E-state index contributed by atoms with van der Waals surface area (Å²) in [4.78, 5) is 11.7. The van der Waals surface area contributed by atoms with Crippen LogP contribution in [0.1, 0.15) is 30.4 Å². The van der Waals surface area contributed by atoms with E-state index in [2.05, 4.69) is 0 Å². The maximum absolute atomic E-state index is 11.3. The molecule has 0 spiro atoms. The second-order valence-corrected chi connectivity index (χ2v) is 6.19. The summed E-state index contributed by atoms with van der Waals surface area (Å²) in [5, 5.41) is 0.558. The highest BCUT2D eigenvalue weighted by molar-refractivity contribution is 7.23. The van der Waals surface area contributed by atoms with Gasteiger partial charge in [0.05, 0.1) is 17.7 Å². The van der Waals surface area contributed by atoms with Crippen molar-refractivity contribution in [2.24, 2.45) is 0 Å². The largest absolute Gasteiger partial charge is 0.490 e. The molecule has 0 unspecified atom stereocenters. The lowest BCUT2D eigenvalue weighted by molar-refractivity contribution is 0.108. The number of rotatable bonds is 5. The smallest absolute Gasteiger partial charge is 0.263 e. The molecule has 2 aromatic rings. The number of hydrogen-bond donors (Lipinski definition) is 0. The molecule has 0 saturated carbocycles. The Labute approximate surface area is 131 Å². The molecule has 0 aliphatic carbocycles. The van der Waals surface area contributed by atoms with Crippen molar-refractivity contribution in [2.75, 3.05) is 6.61 Å². The van der Waals surface area contributed by atoms with Gasteiger partial charge in [-0.15, -0.1) is 11.3 Å². The lowest BCUT2D eigenvalue weighted by Gasteiger charge is -2.14. The van der Waals surface area contributed by atoms with Crippen molar-refractivity contribution in [3.63, 3.8) is 0 Å². The monoisotopic (exact) mass is 332 g/mol. The summed E-state index contributed by atoms with van der Waals surface area (Å²) in [5.41, 5.74) is 0. The first kappa shape index (κ1) is 15.4. The molecular weight excluding hydrogens is 319 g/mol. The average Bonchev–Trinajstić information content (AvgIpc) is 2.67. The standard InChI is InChI=1S/C14H14Cl2O3S/c1-4-18-9-5-8-11(6-10(9)19-7(2)3)20-13(12(8)15)14(16)17/h5-7H,4H2,1-3H3. The molecule has 0 fully saturated rings. The van der Waals surface area contributed by atoms with E-state index in [1.165, 1.54) is 11.3 Å². The van der Waals surface area contributed by atoms with Crippen LogP contribution >= 0.6 is 34.5 Å². The van der Waals surface area contributed by atoms with Gasteiger partial charge in [-0.1, -0.05) is 11.6 Å². The molecule has 1 aromatic carbocycles. The van der Waals surface area contributed by atoms with E-state index < -0.39 is 5.24 Å². The quantitative estimate of drug-likeness (QED) is 0.713. The molecule has 0 N–H and O–H groups in total. The van der Waals surface area contributed by atoms with E-state index in [1.807, 2.05) is 26.8 Å². The van der Waals surface area contributed by atoms with Gasteiger partial charge in [-0.3, -0.25) is 4.79 Å². The Hall–Kier alpha value is -0.970. The van der Waals surface area contributed by atoms with Crippen LogP contribution < -0.4 is 9.47 Å². The van der Waals surface area contributed by atoms with Gasteiger partial charge in [-0.05, 0) is 38.4 Å². The van der Waals surface area contributed by atoms with Gasteiger partial charge in [0, 0.05) is 16.2 Å². The minimum atomic E-state index is -0.555. The van der Waals surface area contributed by atoms with Gasteiger partial charge in [-0.25, -0.2) is 0 Å². The van der Waals surface area contributed by atoms with E-state index in [0.29, 0.717) is 28.0 Å². The van der Waals surface area contributed by atoms with E-state index in [-0.39, 0.29) is 6.10 Å². The van der Waals surface area contributed by atoms with E-state index in [0.717, 1.165) is 10.1 Å². The van der Waals surface area contributed by atoms with Crippen LogP contribution in [0.3, 0.4) is 0 Å². The molecule has 6 heteroatoms. The normalized spacial score (nSPS) is 11.1. The second kappa shape index (κ2) is 6.20. The van der Waals surface area contributed by atoms with Gasteiger partial charge in [-0.2, -0.15) is 0 Å². The lowest BCUT2D eigenvalue weighted by Crippen LogP contribution is -2.07. The van der Waals surface area contributed by atoms with Crippen LogP contribution in [0, 0.1) is 0 Å². The highest BCUT2D eigenvalue weighted by Crippen LogP contribution is 2.42. The third-order valence-corrected chi connectivity index (χ3v) is 4.49. The fraction of sp³-hybridized carbons (Fsp3) is 0.357. The summed E-state index contributed by atoms with van der Waals surface area (Å²) in [6, 6.07) is 3.62. The Morgan fingerprint density at radius 2 is 2.05 bits per heavy atom. The Kier molecular flexibility index (Phi) is 4.78. The predicted octanol–water partition coefficient (Wildman–Crippen LogP) is 5.12. The van der Waals surface area contributed by atoms with Crippen LogP contribution in [0.2, 0.25) is 5.02 Å². The molecular formula is C14H14Cl2O3S. The number of hydrogen-bond acceptors (Lipinski definition) is 4. The summed E-state index contributed by atoms with van der Waals surface area (Å²) in [6.07, 6.45) is 0.0243. The van der Waals surface area contributed by atoms with Gasteiger partial charge >= 0.3 is 0 Å². The molecule has 3 nitrogen and oxygen atoms in total. The van der Waals surface area contributed by atoms with Crippen LogP contribution in [0.15, 0.2) is 12.1 Å². The number of carbonyl (C=O) groups excluding carboxylic acids is 1. The Bertz CT molecular complexity index is 649. The molecule has 2 rings (SSSR count). The zero-order valence-electron chi connectivity index (χ0n) is 11.3. The van der Waals surface area contributed by atoms with Crippen molar-refractivity contribution in [1.29, 1.82) is 0 Å². The first-order valence-electron chi connectivity index (χ1n) is 6.19. The maximum atomic E-state index is 11.3. The summed E-state index contributed by atoms with van der Waals surface area (Å²) >= 11 is 13.0. The molecule has 0 radical (unpaired) electrons. The third kappa shape index (κ3) is 3.03. The summed E-state index contributed by atoms with van der Waals surface area (Å²) < 4.78 is 12.2. The third-order valence-electron chi connectivity index (χ3n) is 2.53. The van der Waals surface area contributed by atoms with Gasteiger partial charge < -0.3 is 9.47 Å². The Morgan fingerprint density at radius 1 is 1.35 bits per heavy atom. The predicted molar refractivity (Wildman–Crippen MR) is 84.0 cm³/mol. The van der Waals surface area contributed by atoms with Crippen LogP contribution in [-0.2, 0) is 0 Å². The summed E-state index contributed by atoms with van der Waals surface area (Å²) in [6.45, 7) is 6.29.